The maximum Gasteiger partial charge on any atom is 0.147 e. The Morgan fingerprint density at radius 1 is 1.37 bits per heavy atom. The SMILES string of the molecule is CCC1C=C(/C=C(\C=C(\C)NC)CCc2ncc(F)cc2F)C(C)=CN1C. The third kappa shape index (κ3) is 5.78. The van der Waals surface area contributed by atoms with Gasteiger partial charge in [0.2, 0.25) is 0 Å². The molecule has 0 aromatic carbocycles. The monoisotopic (exact) mass is 373 g/mol. The second-order valence-electron chi connectivity index (χ2n) is 6.95. The molecule has 5 heteroatoms. The van der Waals surface area contributed by atoms with Gasteiger partial charge in [-0.3, -0.25) is 4.98 Å². The van der Waals surface area contributed by atoms with E-state index in [9.17, 15) is 8.78 Å². The van der Waals surface area contributed by atoms with Gasteiger partial charge in [-0.15, -0.1) is 0 Å². The standard InChI is InChI=1S/C22H29F2N3/c1-6-20-11-18(15(2)14-27(20)5)10-17(9-16(3)25-4)7-8-22-21(24)12-19(23)13-26-22/h9-14,20,25H,6-8H2,1-5H3/b16-9-,17-10-. The van der Waals surface area contributed by atoms with Crippen molar-refractivity contribution in [2.45, 2.75) is 46.1 Å². The number of likely N-dealkylation sites (N-methyl/N-ethyl adjacent to an activating group) is 1. The van der Waals surface area contributed by atoms with Crippen LogP contribution in [-0.4, -0.2) is 30.0 Å². The van der Waals surface area contributed by atoms with Crippen LogP contribution in [0.4, 0.5) is 8.78 Å². The Hall–Kier alpha value is -2.43. The number of aromatic nitrogens is 1. The fourth-order valence-electron chi connectivity index (χ4n) is 3.13. The molecule has 0 amide bonds. The Morgan fingerprint density at radius 3 is 2.74 bits per heavy atom. The molecule has 0 saturated heterocycles. The lowest BCUT2D eigenvalue weighted by Gasteiger charge is -2.29. The number of hydrogen-bond acceptors (Lipinski definition) is 3. The smallest absolute Gasteiger partial charge is 0.147 e. The van der Waals surface area contributed by atoms with Crippen LogP contribution in [-0.2, 0) is 6.42 Å². The highest BCUT2D eigenvalue weighted by molar-refractivity contribution is 5.45. The fourth-order valence-corrected chi connectivity index (χ4v) is 3.13. The molecule has 0 radical (unpaired) electrons. The molecular formula is C22H29F2N3. The summed E-state index contributed by atoms with van der Waals surface area (Å²) < 4.78 is 27.0. The lowest BCUT2D eigenvalue weighted by Crippen LogP contribution is -2.27. The van der Waals surface area contributed by atoms with E-state index >= 15 is 0 Å². The number of nitrogens with one attached hydrogen (secondary N) is 1. The molecule has 1 aromatic rings. The van der Waals surface area contributed by atoms with E-state index in [2.05, 4.69) is 60.5 Å². The van der Waals surface area contributed by atoms with Crippen molar-refractivity contribution in [1.82, 2.24) is 15.2 Å². The summed E-state index contributed by atoms with van der Waals surface area (Å²) in [5.74, 6) is -1.25. The average molecular weight is 373 g/mol. The first-order valence-corrected chi connectivity index (χ1v) is 9.33. The van der Waals surface area contributed by atoms with Crippen molar-refractivity contribution in [2.24, 2.45) is 0 Å². The van der Waals surface area contributed by atoms with Crippen molar-refractivity contribution in [3.05, 3.63) is 76.4 Å². The Bertz CT molecular complexity index is 791. The van der Waals surface area contributed by atoms with Gasteiger partial charge in [-0.1, -0.05) is 19.1 Å². The first-order chi connectivity index (χ1) is 12.8. The van der Waals surface area contributed by atoms with Gasteiger partial charge in [0, 0.05) is 38.1 Å². The van der Waals surface area contributed by atoms with E-state index in [0.717, 1.165) is 30.0 Å². The molecule has 1 aromatic heterocycles. The van der Waals surface area contributed by atoms with Gasteiger partial charge in [0.1, 0.15) is 11.6 Å². The summed E-state index contributed by atoms with van der Waals surface area (Å²) in [5.41, 5.74) is 4.76. The number of halogens is 2. The normalized spacial score (nSPS) is 18.3. The van der Waals surface area contributed by atoms with Crippen molar-refractivity contribution >= 4 is 0 Å². The van der Waals surface area contributed by atoms with Crippen LogP contribution in [0.3, 0.4) is 0 Å². The van der Waals surface area contributed by atoms with Gasteiger partial charge in [0.25, 0.3) is 0 Å². The number of nitrogens with zero attached hydrogens (tertiary/aromatic N) is 2. The van der Waals surface area contributed by atoms with Gasteiger partial charge in [-0.2, -0.15) is 0 Å². The minimum atomic E-state index is -0.652. The van der Waals surface area contributed by atoms with Gasteiger partial charge in [-0.05, 0) is 55.9 Å². The molecule has 1 unspecified atom stereocenters. The molecule has 3 nitrogen and oxygen atoms in total. The van der Waals surface area contributed by atoms with Crippen molar-refractivity contribution in [3.63, 3.8) is 0 Å². The Kier molecular flexibility index (Phi) is 7.34. The predicted molar refractivity (Wildman–Crippen MR) is 107 cm³/mol. The van der Waals surface area contributed by atoms with E-state index in [-0.39, 0.29) is 5.69 Å². The maximum atomic E-state index is 13.9. The summed E-state index contributed by atoms with van der Waals surface area (Å²) >= 11 is 0. The summed E-state index contributed by atoms with van der Waals surface area (Å²) in [6, 6.07) is 1.25. The van der Waals surface area contributed by atoms with Crippen molar-refractivity contribution < 1.29 is 8.78 Å². The van der Waals surface area contributed by atoms with Gasteiger partial charge in [0.05, 0.1) is 11.9 Å². The molecule has 2 heterocycles. The van der Waals surface area contributed by atoms with E-state index in [1.54, 1.807) is 0 Å². The van der Waals surface area contributed by atoms with E-state index in [4.69, 9.17) is 0 Å². The molecule has 1 atom stereocenters. The minimum absolute atomic E-state index is 0.286. The molecule has 1 aliphatic rings. The molecule has 0 bridgehead atoms. The van der Waals surface area contributed by atoms with Crippen LogP contribution in [0.2, 0.25) is 0 Å². The zero-order valence-corrected chi connectivity index (χ0v) is 16.8. The molecule has 0 aliphatic carbocycles. The lowest BCUT2D eigenvalue weighted by atomic mass is 9.95. The van der Waals surface area contributed by atoms with E-state index < -0.39 is 11.6 Å². The van der Waals surface area contributed by atoms with Crippen LogP contribution in [0.1, 0.15) is 39.3 Å². The van der Waals surface area contributed by atoms with Crippen LogP contribution in [0, 0.1) is 11.6 Å². The van der Waals surface area contributed by atoms with E-state index in [1.807, 2.05) is 14.0 Å². The molecule has 0 saturated carbocycles. The van der Waals surface area contributed by atoms with Gasteiger partial charge < -0.3 is 10.2 Å². The Balaban J connectivity index is 2.28. The number of allylic oxidation sites excluding steroid dienone is 6. The second-order valence-corrected chi connectivity index (χ2v) is 6.95. The molecule has 1 aliphatic heterocycles. The van der Waals surface area contributed by atoms with Gasteiger partial charge >= 0.3 is 0 Å². The zero-order chi connectivity index (χ0) is 20.0. The lowest BCUT2D eigenvalue weighted by molar-refractivity contribution is 0.366. The van der Waals surface area contributed by atoms with Crippen LogP contribution in [0.15, 0.2) is 59.1 Å². The summed E-state index contributed by atoms with van der Waals surface area (Å²) in [5, 5.41) is 3.13. The molecule has 0 fully saturated rings. The fraction of sp³-hybridized carbons (Fsp3) is 0.409. The quantitative estimate of drug-likeness (QED) is 0.689. The Labute approximate surface area is 161 Å². The first kappa shape index (κ1) is 20.9. The van der Waals surface area contributed by atoms with Crippen molar-refractivity contribution in [1.29, 1.82) is 0 Å². The van der Waals surface area contributed by atoms with E-state index in [1.165, 1.54) is 11.1 Å². The highest BCUT2D eigenvalue weighted by Gasteiger charge is 2.15. The number of rotatable bonds is 7. The number of aryl methyl sites for hydroxylation is 1. The summed E-state index contributed by atoms with van der Waals surface area (Å²) in [7, 11) is 3.96. The third-order valence-corrected chi connectivity index (χ3v) is 4.84. The molecule has 2 rings (SSSR count). The summed E-state index contributed by atoms with van der Waals surface area (Å²) in [4.78, 5) is 6.12. The number of hydrogen-bond donors (Lipinski definition) is 1. The highest BCUT2D eigenvalue weighted by atomic mass is 19.1. The predicted octanol–water partition coefficient (Wildman–Crippen LogP) is 4.90. The topological polar surface area (TPSA) is 28.2 Å². The molecule has 146 valence electrons. The van der Waals surface area contributed by atoms with Crippen LogP contribution in [0.5, 0.6) is 0 Å². The third-order valence-electron chi connectivity index (χ3n) is 4.84. The van der Waals surface area contributed by atoms with Crippen LogP contribution in [0.25, 0.3) is 0 Å². The first-order valence-electron chi connectivity index (χ1n) is 9.33. The minimum Gasteiger partial charge on any atom is -0.392 e. The van der Waals surface area contributed by atoms with Crippen molar-refractivity contribution in [3.8, 4) is 0 Å². The van der Waals surface area contributed by atoms with E-state index in [0.29, 0.717) is 18.9 Å². The largest absolute Gasteiger partial charge is 0.392 e. The second kappa shape index (κ2) is 9.49. The number of pyridine rings is 1. The highest BCUT2D eigenvalue weighted by Crippen LogP contribution is 2.25. The summed E-state index contributed by atoms with van der Waals surface area (Å²) in [6.07, 6.45) is 11.8. The maximum absolute atomic E-state index is 13.9. The summed E-state index contributed by atoms with van der Waals surface area (Å²) in [6.45, 7) is 6.26. The van der Waals surface area contributed by atoms with Crippen molar-refractivity contribution in [2.75, 3.05) is 14.1 Å². The molecule has 0 spiro atoms. The molecule has 27 heavy (non-hydrogen) atoms. The van der Waals surface area contributed by atoms with Crippen LogP contribution < -0.4 is 5.32 Å². The van der Waals surface area contributed by atoms with Crippen LogP contribution >= 0.6 is 0 Å². The van der Waals surface area contributed by atoms with Gasteiger partial charge in [-0.25, -0.2) is 8.78 Å². The van der Waals surface area contributed by atoms with Gasteiger partial charge in [0.15, 0.2) is 0 Å². The molecular weight excluding hydrogens is 344 g/mol. The molecule has 1 N–H and O–H groups in total. The zero-order valence-electron chi connectivity index (χ0n) is 16.8. The Morgan fingerprint density at radius 2 is 2.11 bits per heavy atom. The average Bonchev–Trinajstić information content (AvgIpc) is 2.62.